The monoisotopic (exact) mass is 547 g/mol. The number of ether oxygens (including phenoxy) is 1. The van der Waals surface area contributed by atoms with E-state index in [4.69, 9.17) is 4.74 Å². The molecule has 41 heavy (non-hydrogen) atoms. The zero-order chi connectivity index (χ0) is 29.0. The lowest BCUT2D eigenvalue weighted by molar-refractivity contribution is 0.0947. The van der Waals surface area contributed by atoms with Gasteiger partial charge in [0.2, 0.25) is 0 Å². The van der Waals surface area contributed by atoms with Crippen LogP contribution in [0, 0.1) is 6.92 Å². The lowest BCUT2D eigenvalue weighted by atomic mass is 10.1. The summed E-state index contributed by atoms with van der Waals surface area (Å²) < 4.78 is 5.92. The van der Waals surface area contributed by atoms with E-state index >= 15 is 0 Å². The summed E-state index contributed by atoms with van der Waals surface area (Å²) in [5.41, 5.74) is 11.7. The summed E-state index contributed by atoms with van der Waals surface area (Å²) in [5, 5.41) is 8.29. The smallest absolute Gasteiger partial charge is 0.271 e. The predicted molar refractivity (Wildman–Crippen MR) is 163 cm³/mol. The Balaban J connectivity index is 1.45. The van der Waals surface area contributed by atoms with Gasteiger partial charge in [-0.3, -0.25) is 9.59 Å². The van der Waals surface area contributed by atoms with E-state index in [1.54, 1.807) is 36.7 Å². The van der Waals surface area contributed by atoms with Crippen LogP contribution in [0.2, 0.25) is 0 Å². The molecule has 0 fully saturated rings. The molecule has 0 bridgehead atoms. The van der Waals surface area contributed by atoms with Crippen molar-refractivity contribution in [2.24, 2.45) is 10.2 Å². The van der Waals surface area contributed by atoms with Crippen LogP contribution in [0.3, 0.4) is 0 Å². The van der Waals surface area contributed by atoms with E-state index in [-0.39, 0.29) is 11.8 Å². The molecule has 0 heterocycles. The van der Waals surface area contributed by atoms with Gasteiger partial charge in [0.15, 0.2) is 0 Å². The van der Waals surface area contributed by atoms with Crippen molar-refractivity contribution in [3.63, 3.8) is 0 Å². The van der Waals surface area contributed by atoms with Gasteiger partial charge in [-0.05, 0) is 83.8 Å². The van der Waals surface area contributed by atoms with Gasteiger partial charge in [-0.2, -0.15) is 10.2 Å². The Kier molecular flexibility index (Phi) is 10.1. The van der Waals surface area contributed by atoms with Crippen molar-refractivity contribution >= 4 is 29.9 Å². The molecule has 4 aromatic carbocycles. The molecule has 8 heteroatoms. The molecule has 2 N–H and O–H groups in total. The lowest BCUT2D eigenvalue weighted by Gasteiger charge is -2.12. The van der Waals surface area contributed by atoms with Gasteiger partial charge in [-0.25, -0.2) is 10.9 Å². The van der Waals surface area contributed by atoms with Gasteiger partial charge >= 0.3 is 0 Å². The molecule has 0 aliphatic heterocycles. The Morgan fingerprint density at radius 1 is 0.707 bits per heavy atom. The second-order valence-electron chi connectivity index (χ2n) is 9.69. The highest BCUT2D eigenvalue weighted by Gasteiger charge is 2.06. The zero-order valence-corrected chi connectivity index (χ0v) is 23.4. The highest BCUT2D eigenvalue weighted by atomic mass is 16.5. The summed E-state index contributed by atoms with van der Waals surface area (Å²) in [6.07, 6.45) is 3.13. The number of aryl methyl sites for hydroxylation is 1. The average molecular weight is 548 g/mol. The number of anilines is 1. The molecular weight excluding hydrogens is 514 g/mol. The normalized spacial score (nSPS) is 11.1. The molecule has 0 spiro atoms. The minimum Gasteiger partial charge on any atom is -0.378 e. The predicted octanol–water partition coefficient (Wildman–Crippen LogP) is 5.31. The first kappa shape index (κ1) is 28.9. The van der Waals surface area contributed by atoms with Gasteiger partial charge in [-0.15, -0.1) is 0 Å². The van der Waals surface area contributed by atoms with Crippen LogP contribution in [-0.2, 0) is 18.0 Å². The summed E-state index contributed by atoms with van der Waals surface area (Å²) in [6.45, 7) is 2.79. The van der Waals surface area contributed by atoms with E-state index in [0.717, 1.165) is 33.5 Å². The molecule has 0 unspecified atom stereocenters. The maximum absolute atomic E-state index is 12.5. The fourth-order valence-electron chi connectivity index (χ4n) is 3.91. The SMILES string of the molecule is Cc1ccc(C(=O)N/N=C/c2cc(/C=N/NC(=O)c3ccc(N(C)C)cc3)cc(COCc3ccccc3)c2)cc1. The van der Waals surface area contributed by atoms with Crippen molar-refractivity contribution in [2.75, 3.05) is 19.0 Å². The van der Waals surface area contributed by atoms with E-state index in [2.05, 4.69) is 21.1 Å². The topological polar surface area (TPSA) is 95.4 Å². The van der Waals surface area contributed by atoms with Crippen molar-refractivity contribution in [1.29, 1.82) is 0 Å². The van der Waals surface area contributed by atoms with E-state index in [1.165, 1.54) is 0 Å². The highest BCUT2D eigenvalue weighted by molar-refractivity contribution is 5.96. The van der Waals surface area contributed by atoms with Crippen molar-refractivity contribution in [2.45, 2.75) is 20.1 Å². The van der Waals surface area contributed by atoms with E-state index in [0.29, 0.717) is 24.3 Å². The number of carbonyl (C=O) groups is 2. The number of carbonyl (C=O) groups excluding carboxylic acids is 2. The highest BCUT2D eigenvalue weighted by Crippen LogP contribution is 2.13. The zero-order valence-electron chi connectivity index (χ0n) is 23.4. The van der Waals surface area contributed by atoms with E-state index in [9.17, 15) is 9.59 Å². The Bertz CT molecular complexity index is 1510. The Morgan fingerprint density at radius 3 is 1.76 bits per heavy atom. The fraction of sp³-hybridized carbons (Fsp3) is 0.152. The third-order valence-electron chi connectivity index (χ3n) is 6.14. The number of benzene rings is 4. The van der Waals surface area contributed by atoms with Crippen LogP contribution >= 0.6 is 0 Å². The number of hydrogen-bond donors (Lipinski definition) is 2. The van der Waals surface area contributed by atoms with Crippen LogP contribution < -0.4 is 15.8 Å². The maximum Gasteiger partial charge on any atom is 0.271 e. The number of hydrazone groups is 2. The number of amides is 2. The molecule has 0 aliphatic rings. The van der Waals surface area contributed by atoms with Gasteiger partial charge in [0.1, 0.15) is 0 Å². The van der Waals surface area contributed by atoms with Crippen molar-refractivity contribution in [3.8, 4) is 0 Å². The fourth-order valence-corrected chi connectivity index (χ4v) is 3.91. The minimum absolute atomic E-state index is 0.299. The molecule has 2 amide bonds. The Morgan fingerprint density at radius 2 is 1.22 bits per heavy atom. The number of hydrogen-bond acceptors (Lipinski definition) is 6. The van der Waals surface area contributed by atoms with Crippen LogP contribution in [0.5, 0.6) is 0 Å². The molecule has 208 valence electrons. The van der Waals surface area contributed by atoms with Crippen LogP contribution in [0.1, 0.15) is 48.5 Å². The molecule has 0 saturated heterocycles. The average Bonchev–Trinajstić information content (AvgIpc) is 2.98. The minimum atomic E-state index is -0.311. The second-order valence-corrected chi connectivity index (χ2v) is 9.69. The number of rotatable bonds is 11. The molecule has 0 radical (unpaired) electrons. The number of nitrogens with zero attached hydrogens (tertiary/aromatic N) is 3. The summed E-state index contributed by atoms with van der Waals surface area (Å²) in [7, 11) is 3.88. The van der Waals surface area contributed by atoms with Crippen molar-refractivity contribution in [1.82, 2.24) is 10.9 Å². The Labute approximate surface area is 240 Å². The molecule has 0 aromatic heterocycles. The van der Waals surface area contributed by atoms with Crippen LogP contribution in [0.4, 0.5) is 5.69 Å². The molecule has 8 nitrogen and oxygen atoms in total. The second kappa shape index (κ2) is 14.3. The maximum atomic E-state index is 12.5. The molecule has 0 aliphatic carbocycles. The summed E-state index contributed by atoms with van der Waals surface area (Å²) in [5.74, 6) is -0.610. The standard InChI is InChI=1S/C33H33N5O3/c1-24-9-11-29(12-10-24)32(39)36-34-20-26-17-27(19-28(18-26)23-41-22-25-7-5-4-6-8-25)21-35-37-33(40)30-13-15-31(16-14-30)38(2)3/h4-21H,22-23H2,1-3H3,(H,36,39)(H,37,40)/b34-20+,35-21+. The Hall–Kier alpha value is -5.08. The van der Waals surface area contributed by atoms with Gasteiger partial charge in [-0.1, -0.05) is 48.0 Å². The molecule has 0 saturated carbocycles. The first-order valence-electron chi connectivity index (χ1n) is 13.1. The molecule has 0 atom stereocenters. The van der Waals surface area contributed by atoms with Gasteiger partial charge in [0.25, 0.3) is 11.8 Å². The van der Waals surface area contributed by atoms with Gasteiger partial charge in [0, 0.05) is 30.9 Å². The van der Waals surface area contributed by atoms with Gasteiger partial charge < -0.3 is 9.64 Å². The van der Waals surface area contributed by atoms with Crippen molar-refractivity contribution < 1.29 is 14.3 Å². The molecule has 4 rings (SSSR count). The number of nitrogens with one attached hydrogen (secondary N) is 2. The summed E-state index contributed by atoms with van der Waals surface area (Å²) in [4.78, 5) is 26.9. The van der Waals surface area contributed by atoms with E-state index in [1.807, 2.05) is 98.7 Å². The van der Waals surface area contributed by atoms with Crippen LogP contribution in [0.15, 0.2) is 107 Å². The van der Waals surface area contributed by atoms with Crippen LogP contribution in [0.25, 0.3) is 0 Å². The quantitative estimate of drug-likeness (QED) is 0.197. The lowest BCUT2D eigenvalue weighted by Crippen LogP contribution is -2.18. The van der Waals surface area contributed by atoms with Gasteiger partial charge in [0.05, 0.1) is 25.6 Å². The largest absolute Gasteiger partial charge is 0.378 e. The first-order chi connectivity index (χ1) is 19.9. The summed E-state index contributed by atoms with van der Waals surface area (Å²) in [6, 6.07) is 30.1. The van der Waals surface area contributed by atoms with Crippen molar-refractivity contribution in [3.05, 3.63) is 136 Å². The van der Waals surface area contributed by atoms with E-state index < -0.39 is 0 Å². The molecule has 4 aromatic rings. The van der Waals surface area contributed by atoms with Crippen LogP contribution in [-0.4, -0.2) is 38.3 Å². The first-order valence-corrected chi connectivity index (χ1v) is 13.1. The summed E-state index contributed by atoms with van der Waals surface area (Å²) >= 11 is 0. The third kappa shape index (κ3) is 8.98. The third-order valence-corrected chi connectivity index (χ3v) is 6.14. The molecular formula is C33H33N5O3.